The van der Waals surface area contributed by atoms with Gasteiger partial charge in [0.05, 0.1) is 95.8 Å². The summed E-state index contributed by atoms with van der Waals surface area (Å²) in [5.74, 6) is 14.2. The highest BCUT2D eigenvalue weighted by Gasteiger charge is 2.21. The SMILES string of the molecule is Cc1c(C(C)C)nn(C)c1C.Cc1c(C)c(C(C)C)n(C)c1C.Cc1nc(C(C)C)c(C)n1C.Cc1nc(C(C)C)c(C)o1.Cc1nc(C(C)C)c(C)s1.Cc1nc(C(C)C)n(C)c1C.Cc1nc(C(C)C)oc1C.Cc1nc(C(C)C)sc1C.Cc1nc(C)n(C)c1C(C)C.Cc1nn(C(C)C)c(C)c1C.Cc1nn(C(C)C)nc1C.Cc1nn(C)c(C(C)C)c1C.Cc1onc(C(C)C)c1C.Cc1snc(C(C)C)c1C. The highest BCUT2D eigenvalue weighted by atomic mass is 32.1. The molecule has 0 fully saturated rings. The predicted molar refractivity (Wildman–Crippen MR) is 632 cm³/mol. The molecule has 0 aliphatic heterocycles. The van der Waals surface area contributed by atoms with Gasteiger partial charge in [-0.25, -0.2) is 34.9 Å². The van der Waals surface area contributed by atoms with Crippen molar-refractivity contribution in [2.45, 2.75) is 485 Å². The van der Waals surface area contributed by atoms with E-state index >= 15 is 0 Å². The molecule has 0 radical (unpaired) electrons. The lowest BCUT2D eigenvalue weighted by Gasteiger charge is -2.09. The maximum absolute atomic E-state index is 5.36. The van der Waals surface area contributed by atoms with Gasteiger partial charge in [-0.05, 0) is 327 Å². The highest BCUT2D eigenvalue weighted by Crippen LogP contribution is 2.31. The van der Waals surface area contributed by atoms with Gasteiger partial charge in [0.2, 0.25) is 0 Å². The zero-order chi connectivity index (χ0) is 115. The van der Waals surface area contributed by atoms with E-state index in [2.05, 4.69) is 453 Å². The first-order valence-electron chi connectivity index (χ1n) is 53.6. The lowest BCUT2D eigenvalue weighted by Crippen LogP contribution is -2.04. The number of rotatable bonds is 14. The van der Waals surface area contributed by atoms with Crippen LogP contribution in [0.1, 0.15) is 512 Å². The second kappa shape index (κ2) is 62.3. The van der Waals surface area contributed by atoms with Gasteiger partial charge in [-0.2, -0.15) is 34.7 Å². The summed E-state index contributed by atoms with van der Waals surface area (Å²) in [4.78, 5) is 36.5. The van der Waals surface area contributed by atoms with Crippen LogP contribution in [0.4, 0.5) is 0 Å². The summed E-state index contributed by atoms with van der Waals surface area (Å²) in [6.45, 7) is 123. The number of aryl methyl sites for hydroxylation is 20. The molecule has 0 saturated heterocycles. The van der Waals surface area contributed by atoms with E-state index in [-0.39, 0.29) is 0 Å². The van der Waals surface area contributed by atoms with Crippen molar-refractivity contribution in [3.05, 3.63) is 235 Å². The van der Waals surface area contributed by atoms with Gasteiger partial charge in [-0.1, -0.05) is 171 Å². The van der Waals surface area contributed by atoms with E-state index in [9.17, 15) is 0 Å². The van der Waals surface area contributed by atoms with Crippen LogP contribution in [0.2, 0.25) is 0 Å². The molecule has 0 amide bonds. The molecule has 148 heavy (non-hydrogen) atoms. The third-order valence-corrected chi connectivity index (χ3v) is 30.0. The van der Waals surface area contributed by atoms with Crippen LogP contribution >= 0.6 is 34.2 Å². The first kappa shape index (κ1) is 136. The van der Waals surface area contributed by atoms with Crippen molar-refractivity contribution in [1.29, 1.82) is 0 Å². The Morgan fingerprint density at radius 3 is 0.932 bits per heavy atom. The van der Waals surface area contributed by atoms with Crippen molar-refractivity contribution < 1.29 is 13.4 Å². The number of imidazole rings is 3. The van der Waals surface area contributed by atoms with E-state index in [4.69, 9.17) is 13.4 Å². The standard InChI is InChI=1S/C11H19N.6C9H16N2.3C8H13NO.3C8H13NS.C7H13N3/c1-7(2)11-9(4)8(3)10(5)12(11)6;1-6(2)9-7(3)11(5)8(4)10-9;1-6(2)9-7(3)10-8(4)11(9)5;1-6(2)9-10-7(3)8(4)11(9)5;1-6(2)9-7(3)8(4)11(5)10-9;1-6(2)9-7(3)8(4)10-11(9)5;1-6(2)11-9(5)7(3)8(4)10-11;1-5(2)8-6(3)10-7(4)9-8;1-5(2)8-9-6(3)7(4)10-8;1-5(2)8-6(3)7(4)10-9-8;1-5(2)8-6(3)10-7(4)9-8;1-5(2)8-9-6(3)7(4)10-8;1-5(2)8-6(3)7(4)10-9-8;1-5(2)10-8-6(3)7(4)9-10/h7H,1-6H3;6*6H,1-5H3;7*5H,1-4H3. The molecule has 14 aromatic heterocycles. The van der Waals surface area contributed by atoms with E-state index in [1.165, 1.54) is 149 Å². The number of nitrogens with zero attached hydrogens (tertiary/aromatic N) is 22. The smallest absolute Gasteiger partial charge is 0.197 e. The molecule has 28 heteroatoms. The Bertz CT molecular complexity index is 5700. The van der Waals surface area contributed by atoms with Crippen molar-refractivity contribution in [3.8, 4) is 0 Å². The van der Waals surface area contributed by atoms with Crippen LogP contribution < -0.4 is 0 Å². The normalized spacial score (nSPS) is 11.0. The number of hydrogen-bond acceptors (Lipinski definition) is 20. The van der Waals surface area contributed by atoms with Crippen LogP contribution in [-0.4, -0.2) is 107 Å². The average molecular weight is 2100 g/mol. The molecule has 0 unspecified atom stereocenters. The first-order valence-corrected chi connectivity index (χ1v) is 56.0. The number of hydrogen-bond donors (Lipinski definition) is 0. The third kappa shape index (κ3) is 40.4. The van der Waals surface area contributed by atoms with E-state index in [1.807, 2.05) is 104 Å². The second-order valence-corrected chi connectivity index (χ2v) is 47.6. The van der Waals surface area contributed by atoms with Gasteiger partial charge in [-0.15, -0.1) is 22.7 Å². The lowest BCUT2D eigenvalue weighted by molar-refractivity contribution is 0.387. The van der Waals surface area contributed by atoms with Gasteiger partial charge >= 0.3 is 0 Å². The van der Waals surface area contributed by atoms with Gasteiger partial charge in [0.25, 0.3) is 0 Å². The lowest BCUT2D eigenvalue weighted by atomic mass is 10.0. The second-order valence-electron chi connectivity index (χ2n) is 44.0. The van der Waals surface area contributed by atoms with Crippen molar-refractivity contribution in [3.63, 3.8) is 0 Å². The summed E-state index contributed by atoms with van der Waals surface area (Å²) in [5, 5.41) is 28.0. The molecular weight excluding hydrogens is 1890 g/mol. The number of aromatic nitrogens is 22. The summed E-state index contributed by atoms with van der Waals surface area (Å²) < 4.78 is 34.8. The maximum Gasteiger partial charge on any atom is 0.197 e. The van der Waals surface area contributed by atoms with Crippen molar-refractivity contribution in [1.82, 2.24) is 107 Å². The molecule has 14 heterocycles. The van der Waals surface area contributed by atoms with Crippen LogP contribution in [0.25, 0.3) is 0 Å². The molecule has 0 N–H and O–H groups in total. The predicted octanol–water partition coefficient (Wildman–Crippen LogP) is 33.6. The molecule has 14 rings (SSSR count). The first-order chi connectivity index (χ1) is 68.0. The Kier molecular flexibility index (Phi) is 57.3. The van der Waals surface area contributed by atoms with Gasteiger partial charge in [0.15, 0.2) is 11.8 Å². The molecule has 0 saturated carbocycles. The summed E-state index contributed by atoms with van der Waals surface area (Å²) in [7, 11) is 12.4. The van der Waals surface area contributed by atoms with E-state index in [1.54, 1.807) is 27.7 Å². The van der Waals surface area contributed by atoms with E-state index in [0.717, 1.165) is 86.3 Å². The van der Waals surface area contributed by atoms with Gasteiger partial charge in [0, 0.05) is 139 Å². The van der Waals surface area contributed by atoms with E-state index in [0.29, 0.717) is 83.1 Å². The molecule has 0 spiro atoms. The molecule has 0 aliphatic carbocycles. The minimum Gasteiger partial charge on any atom is -0.446 e. The molecule has 0 aromatic carbocycles. The molecular formula is C120H206N22O3S3. The Balaban J connectivity index is 0.000000797. The minimum atomic E-state index is 0.368. The summed E-state index contributed by atoms with van der Waals surface area (Å²) >= 11 is 5.21. The Morgan fingerprint density at radius 1 is 0.250 bits per heavy atom. The summed E-state index contributed by atoms with van der Waals surface area (Å²) in [6.07, 6.45) is 0. The fraction of sp³-hybridized carbons (Fsp3) is 0.650. The maximum atomic E-state index is 5.36. The van der Waals surface area contributed by atoms with Gasteiger partial charge in [0.1, 0.15) is 34.8 Å². The summed E-state index contributed by atoms with van der Waals surface area (Å²) in [5.41, 5.74) is 36.2. The zero-order valence-corrected chi connectivity index (χ0v) is 108. The van der Waals surface area contributed by atoms with Crippen LogP contribution in [-0.2, 0) is 42.3 Å². The third-order valence-electron chi connectivity index (χ3n) is 26.9. The Hall–Kier alpha value is -9.80. The Labute approximate surface area is 910 Å². The fourth-order valence-electron chi connectivity index (χ4n) is 16.5. The molecule has 14 aromatic rings. The van der Waals surface area contributed by atoms with E-state index < -0.39 is 0 Å². The summed E-state index contributed by atoms with van der Waals surface area (Å²) in [6, 6.07) is 0.842. The van der Waals surface area contributed by atoms with Crippen molar-refractivity contribution in [2.24, 2.45) is 42.3 Å². The molecule has 0 bridgehead atoms. The number of oxazole rings is 2. The van der Waals surface area contributed by atoms with Gasteiger partial charge < -0.3 is 31.6 Å². The topological polar surface area (TPSA) is 259 Å². The van der Waals surface area contributed by atoms with Crippen molar-refractivity contribution >= 4 is 34.2 Å². The minimum absolute atomic E-state index is 0.368. The quantitative estimate of drug-likeness (QED) is 0.0980. The van der Waals surface area contributed by atoms with Gasteiger partial charge in [-0.3, -0.25) is 14.0 Å². The molecule has 832 valence electrons. The van der Waals surface area contributed by atoms with Crippen LogP contribution in [0.5, 0.6) is 0 Å². The number of thiazole rings is 2. The van der Waals surface area contributed by atoms with Crippen molar-refractivity contribution in [2.75, 3.05) is 0 Å². The fourth-order valence-corrected chi connectivity index (χ4v) is 19.3. The zero-order valence-electron chi connectivity index (χ0n) is 105. The molecule has 0 atom stereocenters. The monoisotopic (exact) mass is 2100 g/mol. The van der Waals surface area contributed by atoms with Crippen LogP contribution in [0.15, 0.2) is 13.4 Å². The molecule has 25 nitrogen and oxygen atoms in total. The largest absolute Gasteiger partial charge is 0.446 e. The van der Waals surface area contributed by atoms with Crippen LogP contribution in [0.3, 0.4) is 0 Å². The highest BCUT2D eigenvalue weighted by molar-refractivity contribution is 7.12. The molecule has 0 aliphatic rings. The van der Waals surface area contributed by atoms with Crippen LogP contribution in [0, 0.1) is 208 Å². The Morgan fingerprint density at radius 2 is 0.743 bits per heavy atom. The average Bonchev–Trinajstić information content (AvgIpc) is 1.66.